The molecule has 2 aliphatic rings. The maximum absolute atomic E-state index is 13.1. The van der Waals surface area contributed by atoms with Crippen LogP contribution in [-0.2, 0) is 14.3 Å². The Morgan fingerprint density at radius 2 is 1.52 bits per heavy atom. The number of esters is 1. The number of Topliss-reactive ketones (excluding diaryl/α,β-unsaturated/α-hetero) is 1. The van der Waals surface area contributed by atoms with E-state index in [-0.39, 0.29) is 38.5 Å². The number of methoxy groups -OCH3 is 1. The summed E-state index contributed by atoms with van der Waals surface area (Å²) in [6.07, 6.45) is 1.06. The van der Waals surface area contributed by atoms with Crippen LogP contribution in [0.4, 0.5) is 5.69 Å². The van der Waals surface area contributed by atoms with Crippen LogP contribution in [0.15, 0.2) is 48.5 Å². The van der Waals surface area contributed by atoms with Gasteiger partial charge in [0.05, 0.1) is 30.2 Å². The average Bonchev–Trinajstić information content (AvgIpc) is 3.06. The summed E-state index contributed by atoms with van der Waals surface area (Å²) in [6, 6.07) is 12.8. The lowest BCUT2D eigenvalue weighted by Crippen LogP contribution is -2.34. The average molecular weight is 579 g/mol. The fourth-order valence-electron chi connectivity index (χ4n) is 4.24. The minimum Gasteiger partial charge on any atom is -0.497 e. The van der Waals surface area contributed by atoms with Crippen molar-refractivity contribution in [1.82, 2.24) is 0 Å². The quantitative estimate of drug-likeness (QED) is 0.221. The zero-order valence-corrected chi connectivity index (χ0v) is 20.9. The molecule has 0 bridgehead atoms. The SMILES string of the molecule is COc1ccc(C(=O)COC(=O)c2ccccc2N2C(=O)C3CC(Br)C(Br)CC3C2=O)cc1. The number of fused-ring (bicyclic) bond motifs is 1. The normalized spacial score (nSPS) is 24.4. The second-order valence-electron chi connectivity index (χ2n) is 7.97. The number of para-hydroxylation sites is 1. The van der Waals surface area contributed by atoms with Crippen molar-refractivity contribution < 1.29 is 28.7 Å². The zero-order valence-electron chi connectivity index (χ0n) is 17.7. The Bertz CT molecular complexity index is 1070. The molecule has 4 atom stereocenters. The number of nitrogens with zero attached hydrogens (tertiary/aromatic N) is 1. The van der Waals surface area contributed by atoms with E-state index in [4.69, 9.17) is 9.47 Å². The van der Waals surface area contributed by atoms with Crippen LogP contribution in [-0.4, -0.2) is 46.9 Å². The summed E-state index contributed by atoms with van der Waals surface area (Å²) in [5.74, 6) is -2.05. The first-order valence-electron chi connectivity index (χ1n) is 10.4. The van der Waals surface area contributed by atoms with Crippen LogP contribution in [0.2, 0.25) is 0 Å². The van der Waals surface area contributed by atoms with E-state index in [0.29, 0.717) is 24.2 Å². The predicted molar refractivity (Wildman–Crippen MR) is 128 cm³/mol. The van der Waals surface area contributed by atoms with Gasteiger partial charge in [-0.1, -0.05) is 44.0 Å². The molecular formula is C24H21Br2NO6. The zero-order chi connectivity index (χ0) is 23.7. The maximum atomic E-state index is 13.1. The highest BCUT2D eigenvalue weighted by molar-refractivity contribution is 9.12. The van der Waals surface area contributed by atoms with Gasteiger partial charge in [-0.3, -0.25) is 14.4 Å². The molecule has 0 radical (unpaired) electrons. The Kier molecular flexibility index (Phi) is 6.99. The number of rotatable bonds is 6. The lowest BCUT2D eigenvalue weighted by Gasteiger charge is -2.29. The summed E-state index contributed by atoms with van der Waals surface area (Å²) in [4.78, 5) is 52.8. The highest BCUT2D eigenvalue weighted by Crippen LogP contribution is 2.44. The molecule has 4 unspecified atom stereocenters. The molecule has 0 N–H and O–H groups in total. The molecule has 1 aliphatic heterocycles. The highest BCUT2D eigenvalue weighted by Gasteiger charge is 2.52. The van der Waals surface area contributed by atoms with Gasteiger partial charge in [0.1, 0.15) is 5.75 Å². The van der Waals surface area contributed by atoms with E-state index in [1.54, 1.807) is 42.5 Å². The Morgan fingerprint density at radius 3 is 2.09 bits per heavy atom. The number of ketones is 1. The van der Waals surface area contributed by atoms with Crippen LogP contribution in [0, 0.1) is 11.8 Å². The number of carbonyl (C=O) groups excluding carboxylic acids is 4. The summed E-state index contributed by atoms with van der Waals surface area (Å²) >= 11 is 7.14. The predicted octanol–water partition coefficient (Wildman–Crippen LogP) is 4.16. The third-order valence-electron chi connectivity index (χ3n) is 6.02. The first-order chi connectivity index (χ1) is 15.8. The number of hydrogen-bond donors (Lipinski definition) is 0. The molecule has 9 heteroatoms. The van der Waals surface area contributed by atoms with Crippen LogP contribution in [0.25, 0.3) is 0 Å². The number of ether oxygens (including phenoxy) is 2. The summed E-state index contributed by atoms with van der Waals surface area (Å²) in [5.41, 5.74) is 0.617. The van der Waals surface area contributed by atoms with Crippen molar-refractivity contribution in [2.24, 2.45) is 11.8 Å². The van der Waals surface area contributed by atoms with E-state index in [9.17, 15) is 19.2 Å². The smallest absolute Gasteiger partial charge is 0.340 e. The molecule has 1 saturated heterocycles. The highest BCUT2D eigenvalue weighted by atomic mass is 79.9. The number of imide groups is 1. The van der Waals surface area contributed by atoms with Crippen LogP contribution in [0.3, 0.4) is 0 Å². The van der Waals surface area contributed by atoms with Crippen molar-refractivity contribution in [3.63, 3.8) is 0 Å². The van der Waals surface area contributed by atoms with Gasteiger partial charge in [-0.15, -0.1) is 0 Å². The maximum Gasteiger partial charge on any atom is 0.340 e. The fraction of sp³-hybridized carbons (Fsp3) is 0.333. The molecule has 2 aromatic rings. The van der Waals surface area contributed by atoms with Crippen LogP contribution in [0.1, 0.15) is 33.6 Å². The van der Waals surface area contributed by atoms with Gasteiger partial charge in [0.2, 0.25) is 11.8 Å². The van der Waals surface area contributed by atoms with E-state index < -0.39 is 24.4 Å². The van der Waals surface area contributed by atoms with E-state index in [1.165, 1.54) is 13.2 Å². The van der Waals surface area contributed by atoms with Crippen LogP contribution < -0.4 is 9.64 Å². The number of hydrogen-bond acceptors (Lipinski definition) is 6. The topological polar surface area (TPSA) is 90.0 Å². The van der Waals surface area contributed by atoms with Crippen molar-refractivity contribution >= 4 is 61.1 Å². The van der Waals surface area contributed by atoms with Gasteiger partial charge < -0.3 is 9.47 Å². The summed E-state index contributed by atoms with van der Waals surface area (Å²) in [5, 5.41) is 0. The van der Waals surface area contributed by atoms with Gasteiger partial charge in [-0.25, -0.2) is 9.69 Å². The first-order valence-corrected chi connectivity index (χ1v) is 12.2. The van der Waals surface area contributed by atoms with Gasteiger partial charge >= 0.3 is 5.97 Å². The minimum atomic E-state index is -0.778. The van der Waals surface area contributed by atoms with Gasteiger partial charge in [0.15, 0.2) is 12.4 Å². The van der Waals surface area contributed by atoms with Crippen LogP contribution in [0.5, 0.6) is 5.75 Å². The van der Waals surface area contributed by atoms with E-state index in [0.717, 1.165) is 4.90 Å². The fourth-order valence-corrected chi connectivity index (χ4v) is 5.48. The van der Waals surface area contributed by atoms with E-state index >= 15 is 0 Å². The molecule has 2 fully saturated rings. The first kappa shape index (κ1) is 23.6. The monoisotopic (exact) mass is 577 g/mol. The second-order valence-corrected chi connectivity index (χ2v) is 10.3. The lowest BCUT2D eigenvalue weighted by molar-refractivity contribution is -0.122. The van der Waals surface area contributed by atoms with Crippen molar-refractivity contribution in [2.45, 2.75) is 22.5 Å². The Labute approximate surface area is 207 Å². The number of carbonyl (C=O) groups is 4. The molecule has 33 heavy (non-hydrogen) atoms. The summed E-state index contributed by atoms with van der Waals surface area (Å²) < 4.78 is 10.3. The number of alkyl halides is 2. The van der Waals surface area contributed by atoms with Gasteiger partial charge in [0.25, 0.3) is 0 Å². The molecule has 2 amide bonds. The number of halogens is 2. The van der Waals surface area contributed by atoms with Crippen molar-refractivity contribution in [2.75, 3.05) is 18.6 Å². The number of anilines is 1. The standard InChI is InChI=1S/C24H21Br2NO6/c1-32-14-8-6-13(7-9-14)21(28)12-33-24(31)15-4-2-3-5-20(15)27-22(29)16-10-18(25)19(26)11-17(16)23(27)30/h2-9,16-19H,10-12H2,1H3. The molecule has 1 aliphatic carbocycles. The Hall–Kier alpha value is -2.52. The Morgan fingerprint density at radius 1 is 0.939 bits per heavy atom. The molecule has 1 saturated carbocycles. The van der Waals surface area contributed by atoms with Crippen molar-refractivity contribution in [3.8, 4) is 5.75 Å². The molecule has 2 aromatic carbocycles. The third kappa shape index (κ3) is 4.61. The van der Waals surface area contributed by atoms with E-state index in [2.05, 4.69) is 31.9 Å². The molecule has 0 aromatic heterocycles. The molecule has 1 heterocycles. The number of benzene rings is 2. The number of amides is 2. The van der Waals surface area contributed by atoms with Gasteiger partial charge in [-0.05, 0) is 49.2 Å². The largest absolute Gasteiger partial charge is 0.497 e. The van der Waals surface area contributed by atoms with Gasteiger partial charge in [0, 0.05) is 15.2 Å². The molecule has 4 rings (SSSR count). The third-order valence-corrected chi connectivity index (χ3v) is 8.76. The van der Waals surface area contributed by atoms with Crippen LogP contribution >= 0.6 is 31.9 Å². The minimum absolute atomic E-state index is 0.0613. The van der Waals surface area contributed by atoms with Crippen molar-refractivity contribution in [3.05, 3.63) is 59.7 Å². The van der Waals surface area contributed by atoms with Gasteiger partial charge in [-0.2, -0.15) is 0 Å². The summed E-state index contributed by atoms with van der Waals surface area (Å²) in [6.45, 7) is -0.469. The van der Waals surface area contributed by atoms with E-state index in [1.807, 2.05) is 0 Å². The molecule has 172 valence electrons. The molecule has 0 spiro atoms. The van der Waals surface area contributed by atoms with Crippen molar-refractivity contribution in [1.29, 1.82) is 0 Å². The second kappa shape index (κ2) is 9.77. The molecular weight excluding hydrogens is 558 g/mol. The lowest BCUT2D eigenvalue weighted by atomic mass is 9.81. The summed E-state index contributed by atoms with van der Waals surface area (Å²) in [7, 11) is 1.53. The molecule has 7 nitrogen and oxygen atoms in total. The Balaban J connectivity index is 1.51.